The largest absolute Gasteiger partial charge is 0.416 e. The topological polar surface area (TPSA) is 70.0 Å². The van der Waals surface area contributed by atoms with Gasteiger partial charge in [-0.05, 0) is 49.4 Å². The average Bonchev–Trinajstić information content (AvgIpc) is 3.53. The maximum Gasteiger partial charge on any atom is 0.416 e. The molecule has 1 fully saturated rings. The number of alkyl halides is 3. The van der Waals surface area contributed by atoms with Gasteiger partial charge in [0.15, 0.2) is 0 Å². The fraction of sp³-hybridized carbons (Fsp3) is 0.391. The predicted octanol–water partition coefficient (Wildman–Crippen LogP) is 4.91. The van der Waals surface area contributed by atoms with Gasteiger partial charge in [0.25, 0.3) is 0 Å². The van der Waals surface area contributed by atoms with Gasteiger partial charge in [-0.15, -0.1) is 0 Å². The molecule has 3 rings (SSSR count). The van der Waals surface area contributed by atoms with Crippen LogP contribution >= 0.6 is 19.8 Å². The smallest absolute Gasteiger partial charge is 0.354 e. The Balaban J connectivity index is 1.73. The number of benzene rings is 2. The summed E-state index contributed by atoms with van der Waals surface area (Å²) in [7, 11) is -2.65. The van der Waals surface area contributed by atoms with E-state index in [0.29, 0.717) is 10.9 Å². The lowest BCUT2D eigenvalue weighted by atomic mass is 9.94. The minimum atomic E-state index is -4.40. The summed E-state index contributed by atoms with van der Waals surface area (Å²) < 4.78 is 51.1. The second-order valence-electron chi connectivity index (χ2n) is 8.53. The van der Waals surface area contributed by atoms with Crippen LogP contribution in [0.2, 0.25) is 0 Å². The van der Waals surface area contributed by atoms with Crippen molar-refractivity contribution >= 4 is 31.0 Å². The number of thiol groups is 1. The molecule has 2 aromatic rings. The summed E-state index contributed by atoms with van der Waals surface area (Å²) in [4.78, 5) is 12.8. The van der Waals surface area contributed by atoms with Gasteiger partial charge < -0.3 is 9.88 Å². The molecule has 0 aliphatic heterocycles. The molecule has 2 aromatic carbocycles. The van der Waals surface area contributed by atoms with E-state index >= 15 is 0 Å². The highest BCUT2D eigenvalue weighted by Crippen LogP contribution is 2.48. The van der Waals surface area contributed by atoms with Gasteiger partial charge in [-0.2, -0.15) is 31.1 Å². The maximum atomic E-state index is 12.8. The summed E-state index contributed by atoms with van der Waals surface area (Å²) >= 11 is 4.51. The molecule has 1 aliphatic rings. The normalized spacial score (nSPS) is 17.2. The molecule has 0 radical (unpaired) electrons. The van der Waals surface area contributed by atoms with Gasteiger partial charge in [0.2, 0.25) is 5.91 Å². The number of hydrogen-bond donors (Lipinski definition) is 2. The number of nitriles is 1. The lowest BCUT2D eigenvalue weighted by Gasteiger charge is -2.23. The lowest BCUT2D eigenvalue weighted by molar-refractivity contribution is -0.137. The average molecular weight is 480 g/mol. The lowest BCUT2D eigenvalue weighted by Crippen LogP contribution is -2.38. The summed E-state index contributed by atoms with van der Waals surface area (Å²) in [6.45, 7) is 3.46. The van der Waals surface area contributed by atoms with Crippen molar-refractivity contribution in [1.29, 1.82) is 5.26 Å². The van der Waals surface area contributed by atoms with Gasteiger partial charge in [-0.1, -0.05) is 36.4 Å². The first kappa shape index (κ1) is 24.4. The van der Waals surface area contributed by atoms with Gasteiger partial charge in [0, 0.05) is 17.3 Å². The minimum Gasteiger partial charge on any atom is -0.354 e. The fourth-order valence-corrected chi connectivity index (χ4v) is 5.59. The summed E-state index contributed by atoms with van der Waals surface area (Å²) in [5.74, 6) is -1.63. The summed E-state index contributed by atoms with van der Waals surface area (Å²) in [6, 6.07) is 13.9. The van der Waals surface area contributed by atoms with E-state index in [4.69, 9.17) is 0 Å². The van der Waals surface area contributed by atoms with Gasteiger partial charge >= 0.3 is 6.18 Å². The zero-order chi connectivity index (χ0) is 23.7. The van der Waals surface area contributed by atoms with Crippen molar-refractivity contribution in [3.63, 3.8) is 0 Å². The number of rotatable bonds is 7. The third-order valence-electron chi connectivity index (χ3n) is 5.85. The Morgan fingerprint density at radius 2 is 1.78 bits per heavy atom. The van der Waals surface area contributed by atoms with Crippen molar-refractivity contribution in [2.45, 2.75) is 29.7 Å². The quantitative estimate of drug-likeness (QED) is 0.437. The molecule has 0 unspecified atom stereocenters. The van der Waals surface area contributed by atoms with Crippen LogP contribution in [0.15, 0.2) is 48.5 Å². The Labute approximate surface area is 191 Å². The molecule has 1 aliphatic carbocycles. The highest BCUT2D eigenvalue weighted by Gasteiger charge is 2.45. The summed E-state index contributed by atoms with van der Waals surface area (Å²) in [6.07, 6.45) is -2.93. The summed E-state index contributed by atoms with van der Waals surface area (Å²) in [5, 5.41) is 12.2. The van der Waals surface area contributed by atoms with E-state index in [1.807, 2.05) is 6.07 Å². The Morgan fingerprint density at radius 1 is 1.19 bits per heavy atom. The standard InChI is InChI=1S/C23H24F3N2O2PS/c1-31(2,30)19-6-4-3-5-17(19)20(32)18(13-27)21(29)28-14-22(11-12-22)15-7-9-16(10-8-15)23(24,25)26/h3-10,18,20,32H,11-12,14H2,1-2H3,(H,28,29)/t18-,20+/m1/s1. The fourth-order valence-electron chi connectivity index (χ4n) is 3.78. The van der Waals surface area contributed by atoms with Crippen molar-refractivity contribution < 1.29 is 22.5 Å². The number of halogens is 3. The highest BCUT2D eigenvalue weighted by molar-refractivity contribution is 7.80. The number of nitrogens with zero attached hydrogens (tertiary/aromatic N) is 1. The minimum absolute atomic E-state index is 0.220. The molecule has 0 heterocycles. The Hall–Kier alpha value is -2.23. The van der Waals surface area contributed by atoms with Crippen LogP contribution in [0.4, 0.5) is 13.2 Å². The van der Waals surface area contributed by atoms with Crippen molar-refractivity contribution in [2.75, 3.05) is 19.9 Å². The van der Waals surface area contributed by atoms with E-state index in [2.05, 4.69) is 17.9 Å². The van der Waals surface area contributed by atoms with Crippen molar-refractivity contribution in [3.8, 4) is 6.07 Å². The first-order valence-corrected chi connectivity index (χ1v) is 13.2. The number of amides is 1. The van der Waals surface area contributed by atoms with E-state index < -0.39 is 41.4 Å². The second kappa shape index (κ2) is 8.96. The molecule has 0 saturated heterocycles. The predicted molar refractivity (Wildman–Crippen MR) is 122 cm³/mol. The van der Waals surface area contributed by atoms with Crippen molar-refractivity contribution in [1.82, 2.24) is 5.32 Å². The van der Waals surface area contributed by atoms with Crippen molar-refractivity contribution in [3.05, 3.63) is 65.2 Å². The van der Waals surface area contributed by atoms with E-state index in [9.17, 15) is 27.8 Å². The zero-order valence-corrected chi connectivity index (χ0v) is 19.5. The molecule has 1 saturated carbocycles. The first-order valence-electron chi connectivity index (χ1n) is 10.1. The van der Waals surface area contributed by atoms with E-state index in [1.54, 1.807) is 37.6 Å². The van der Waals surface area contributed by atoms with Crippen LogP contribution in [-0.4, -0.2) is 25.8 Å². The van der Waals surface area contributed by atoms with E-state index in [-0.39, 0.29) is 6.54 Å². The summed E-state index contributed by atoms with van der Waals surface area (Å²) in [5.41, 5.74) is 0.165. The third-order valence-corrected chi connectivity index (χ3v) is 8.00. The highest BCUT2D eigenvalue weighted by atomic mass is 32.1. The molecule has 9 heteroatoms. The Bertz CT molecular complexity index is 1090. The number of hydrogen-bond acceptors (Lipinski definition) is 4. The number of nitrogens with one attached hydrogen (secondary N) is 1. The zero-order valence-electron chi connectivity index (χ0n) is 17.7. The molecule has 2 atom stereocenters. The molecule has 1 amide bonds. The maximum absolute atomic E-state index is 12.8. The molecule has 0 spiro atoms. The van der Waals surface area contributed by atoms with Crippen LogP contribution < -0.4 is 10.6 Å². The van der Waals surface area contributed by atoms with Gasteiger partial charge in [0.05, 0.1) is 16.9 Å². The van der Waals surface area contributed by atoms with Crippen LogP contribution in [0.3, 0.4) is 0 Å². The molecule has 170 valence electrons. The molecular weight excluding hydrogens is 456 g/mol. The molecule has 4 nitrogen and oxygen atoms in total. The van der Waals surface area contributed by atoms with E-state index in [1.165, 1.54) is 12.1 Å². The van der Waals surface area contributed by atoms with Gasteiger partial charge in [0.1, 0.15) is 13.1 Å². The number of carbonyl (C=O) groups is 1. The van der Waals surface area contributed by atoms with Gasteiger partial charge in [-0.3, -0.25) is 4.79 Å². The molecule has 0 bridgehead atoms. The van der Waals surface area contributed by atoms with Crippen LogP contribution in [-0.2, 0) is 21.0 Å². The molecule has 1 N–H and O–H groups in total. The Morgan fingerprint density at radius 3 is 2.28 bits per heavy atom. The second-order valence-corrected chi connectivity index (χ2v) is 12.3. The third kappa shape index (κ3) is 5.22. The molecule has 0 aromatic heterocycles. The Kier molecular flexibility index (Phi) is 6.83. The number of carbonyl (C=O) groups excluding carboxylic acids is 1. The van der Waals surface area contributed by atoms with E-state index in [0.717, 1.165) is 30.5 Å². The van der Waals surface area contributed by atoms with Crippen LogP contribution in [0, 0.1) is 17.2 Å². The first-order chi connectivity index (χ1) is 14.9. The van der Waals surface area contributed by atoms with Crippen LogP contribution in [0.25, 0.3) is 0 Å². The van der Waals surface area contributed by atoms with Crippen molar-refractivity contribution in [2.24, 2.45) is 5.92 Å². The van der Waals surface area contributed by atoms with Crippen LogP contribution in [0.5, 0.6) is 0 Å². The van der Waals surface area contributed by atoms with Crippen LogP contribution in [0.1, 0.15) is 34.8 Å². The molecule has 32 heavy (non-hydrogen) atoms. The molecular formula is C23H24F3N2O2PS. The monoisotopic (exact) mass is 480 g/mol. The SMILES string of the molecule is CP(C)(=O)c1ccccc1[C@H](S)[C@@H](C#N)C(=O)NCC1(c2ccc(C(F)(F)F)cc2)CC1. The van der Waals surface area contributed by atoms with Gasteiger partial charge in [-0.25, -0.2) is 0 Å².